The van der Waals surface area contributed by atoms with Gasteiger partial charge in [-0.2, -0.15) is 0 Å². The highest BCUT2D eigenvalue weighted by Gasteiger charge is 2.59. The number of likely N-dealkylation sites (tertiary alicyclic amines) is 1. The molecule has 1 saturated heterocycles. The second-order valence-corrected chi connectivity index (χ2v) is 8.90. The number of ether oxygens (including phenoxy) is 1. The Morgan fingerprint density at radius 3 is 2.69 bits per heavy atom. The molecule has 5 rings (SSSR count). The summed E-state index contributed by atoms with van der Waals surface area (Å²) in [6.45, 7) is 0.697. The number of hydrogen-bond acceptors (Lipinski definition) is 6. The van der Waals surface area contributed by atoms with Crippen molar-refractivity contribution in [1.82, 2.24) is 14.5 Å². The molecule has 3 aliphatic carbocycles. The average Bonchev–Trinajstić information content (AvgIpc) is 3.60. The lowest BCUT2D eigenvalue weighted by molar-refractivity contribution is 0.0303. The number of halogens is 1. The summed E-state index contributed by atoms with van der Waals surface area (Å²) < 4.78 is 22.6. The first-order valence-electron chi connectivity index (χ1n) is 10.2. The highest BCUT2D eigenvalue weighted by atomic mass is 19.1. The van der Waals surface area contributed by atoms with E-state index in [9.17, 15) is 19.8 Å². The number of alkyl halides is 1. The molecule has 0 amide bonds. The second kappa shape index (κ2) is 6.52. The number of H-pyrrole nitrogens is 1. The highest BCUT2D eigenvalue weighted by molar-refractivity contribution is 5.53. The number of hydrogen-bond donors (Lipinski definition) is 3. The van der Waals surface area contributed by atoms with Crippen LogP contribution in [-0.4, -0.2) is 69.8 Å². The summed E-state index contributed by atoms with van der Waals surface area (Å²) in [7, 11) is 1.44. The van der Waals surface area contributed by atoms with Crippen molar-refractivity contribution < 1.29 is 19.3 Å². The average molecular weight is 407 g/mol. The predicted octanol–water partition coefficient (Wildman–Crippen LogP) is -1.81. The van der Waals surface area contributed by atoms with E-state index in [1.807, 2.05) is 4.90 Å². The summed E-state index contributed by atoms with van der Waals surface area (Å²) in [6.07, 6.45) is 2.49. The summed E-state index contributed by atoms with van der Waals surface area (Å²) in [4.78, 5) is 29.2. The van der Waals surface area contributed by atoms with E-state index in [1.165, 1.54) is 17.8 Å². The molecule has 1 aliphatic heterocycles. The summed E-state index contributed by atoms with van der Waals surface area (Å²) in [5.41, 5.74) is -1.21. The lowest BCUT2D eigenvalue weighted by atomic mass is 9.88. The van der Waals surface area contributed by atoms with Crippen molar-refractivity contribution in [3.63, 3.8) is 0 Å². The minimum Gasteiger partial charge on any atom is -0.497 e. The van der Waals surface area contributed by atoms with Gasteiger partial charge in [-0.05, 0) is 37.2 Å². The molecule has 158 valence electrons. The van der Waals surface area contributed by atoms with Crippen LogP contribution in [0.3, 0.4) is 0 Å². The van der Waals surface area contributed by atoms with Gasteiger partial charge in [0, 0.05) is 25.0 Å². The van der Waals surface area contributed by atoms with Gasteiger partial charge in [-0.15, -0.1) is 0 Å². The van der Waals surface area contributed by atoms with E-state index in [1.54, 1.807) is 0 Å². The first-order chi connectivity index (χ1) is 13.9. The Morgan fingerprint density at radius 2 is 2.10 bits per heavy atom. The van der Waals surface area contributed by atoms with Crippen molar-refractivity contribution in [2.75, 3.05) is 26.8 Å². The topological polar surface area (TPSA) is 108 Å². The van der Waals surface area contributed by atoms with Crippen LogP contribution in [-0.2, 0) is 4.74 Å². The van der Waals surface area contributed by atoms with E-state index in [2.05, 4.69) is 4.98 Å². The number of rotatable bonds is 5. The molecule has 4 atom stereocenters. The maximum Gasteiger partial charge on any atom is 0.329 e. The zero-order chi connectivity index (χ0) is 20.5. The first-order valence-corrected chi connectivity index (χ1v) is 10.2. The van der Waals surface area contributed by atoms with E-state index in [0.717, 1.165) is 25.7 Å². The van der Waals surface area contributed by atoms with Gasteiger partial charge in [-0.1, -0.05) is 0 Å². The van der Waals surface area contributed by atoms with Crippen LogP contribution in [0, 0.1) is 11.3 Å². The molecule has 3 N–H and O–H groups in total. The van der Waals surface area contributed by atoms with Crippen molar-refractivity contribution >= 4 is 11.8 Å². The van der Waals surface area contributed by atoms with E-state index in [0.29, 0.717) is 24.2 Å². The molecule has 4 unspecified atom stereocenters. The number of methoxy groups -OCH3 is 1. The summed E-state index contributed by atoms with van der Waals surface area (Å²) in [6, 6.07) is -0.784. The smallest absolute Gasteiger partial charge is 0.329 e. The highest BCUT2D eigenvalue weighted by Crippen LogP contribution is 2.58. The van der Waals surface area contributed by atoms with Gasteiger partial charge < -0.3 is 14.9 Å². The summed E-state index contributed by atoms with van der Waals surface area (Å²) in [5.74, 6) is 0.157. The quantitative estimate of drug-likeness (QED) is 0.531. The number of nitrogens with one attached hydrogen (secondary N) is 1. The van der Waals surface area contributed by atoms with Gasteiger partial charge in [-0.25, -0.2) is 9.18 Å². The molecule has 0 aromatic carbocycles. The van der Waals surface area contributed by atoms with Crippen LogP contribution in [0.4, 0.5) is 4.39 Å². The van der Waals surface area contributed by atoms with Gasteiger partial charge in [0.1, 0.15) is 18.0 Å². The second-order valence-electron chi connectivity index (χ2n) is 8.90. The Bertz CT molecular complexity index is 1070. The molecule has 2 heterocycles. The largest absolute Gasteiger partial charge is 0.497 e. The number of nitrogens with zero attached hydrogens (tertiary/aromatic N) is 2. The van der Waals surface area contributed by atoms with Crippen LogP contribution >= 0.6 is 0 Å². The normalized spacial score (nSPS) is 31.4. The molecule has 9 heteroatoms. The van der Waals surface area contributed by atoms with Crippen molar-refractivity contribution in [2.24, 2.45) is 11.3 Å². The summed E-state index contributed by atoms with van der Waals surface area (Å²) >= 11 is 0. The Labute approximate surface area is 165 Å². The first kappa shape index (κ1) is 19.0. The molecular formula is C20H26FN3O5. The molecule has 0 bridgehead atoms. The van der Waals surface area contributed by atoms with Crippen molar-refractivity contribution in [3.8, 4) is 0 Å². The monoisotopic (exact) mass is 407 g/mol. The minimum absolute atomic E-state index is 0.0132. The SMILES string of the molecule is COC1=c2c(c(=O)[nH]c(=O)n2C2CC2)=CC(F)C1N1CC(C(O)CO)C2(CC2)C1. The van der Waals surface area contributed by atoms with Crippen LogP contribution in [0.2, 0.25) is 0 Å². The fourth-order valence-electron chi connectivity index (χ4n) is 5.36. The summed E-state index contributed by atoms with van der Waals surface area (Å²) in [5, 5.41) is 20.2. The molecule has 3 fully saturated rings. The Kier molecular flexibility index (Phi) is 4.27. The third-order valence-corrected chi connectivity index (χ3v) is 7.11. The number of aliphatic hydroxyl groups is 2. The molecule has 8 nitrogen and oxygen atoms in total. The minimum atomic E-state index is -1.48. The Morgan fingerprint density at radius 1 is 1.38 bits per heavy atom. The Hall–Kier alpha value is -1.97. The van der Waals surface area contributed by atoms with Gasteiger partial charge in [0.2, 0.25) is 0 Å². The van der Waals surface area contributed by atoms with Crippen LogP contribution < -0.4 is 21.8 Å². The molecular weight excluding hydrogens is 381 g/mol. The number of aliphatic hydroxyl groups excluding tert-OH is 2. The van der Waals surface area contributed by atoms with Gasteiger partial charge in [0.25, 0.3) is 5.56 Å². The fourth-order valence-corrected chi connectivity index (χ4v) is 5.36. The van der Waals surface area contributed by atoms with Crippen molar-refractivity contribution in [1.29, 1.82) is 0 Å². The van der Waals surface area contributed by atoms with E-state index in [-0.39, 0.29) is 29.2 Å². The van der Waals surface area contributed by atoms with Crippen LogP contribution in [0.15, 0.2) is 9.59 Å². The number of fused-ring (bicyclic) bond motifs is 1. The zero-order valence-electron chi connectivity index (χ0n) is 16.3. The third kappa shape index (κ3) is 2.82. The molecule has 2 saturated carbocycles. The van der Waals surface area contributed by atoms with Crippen LogP contribution in [0.5, 0.6) is 0 Å². The Balaban J connectivity index is 1.66. The fraction of sp³-hybridized carbons (Fsp3) is 0.700. The maximum atomic E-state index is 15.4. The van der Waals surface area contributed by atoms with Gasteiger partial charge in [0.05, 0.1) is 30.4 Å². The standard InChI is InChI=1S/C20H26FN3O5/c1-29-17-15-11(18(27)22-19(28)24(15)10-2-3-10)6-13(21)16(17)23-7-12(14(26)8-25)20(9-23)4-5-20/h6,10,12-14,16,25-26H,2-5,7-9H2,1H3,(H,22,27,28). The van der Waals surface area contributed by atoms with Gasteiger partial charge in [-0.3, -0.25) is 19.2 Å². The molecule has 0 radical (unpaired) electrons. The van der Waals surface area contributed by atoms with E-state index in [4.69, 9.17) is 4.74 Å². The lowest BCUT2D eigenvalue weighted by Crippen LogP contribution is -2.60. The van der Waals surface area contributed by atoms with Crippen LogP contribution in [0.25, 0.3) is 11.8 Å². The van der Waals surface area contributed by atoms with Crippen LogP contribution in [0.1, 0.15) is 31.7 Å². The van der Waals surface area contributed by atoms with Crippen molar-refractivity contribution in [3.05, 3.63) is 31.4 Å². The lowest BCUT2D eigenvalue weighted by Gasteiger charge is -2.33. The maximum absolute atomic E-state index is 15.4. The van der Waals surface area contributed by atoms with Gasteiger partial charge >= 0.3 is 5.69 Å². The molecule has 1 spiro atoms. The number of aromatic nitrogens is 2. The molecule has 4 aliphatic rings. The van der Waals surface area contributed by atoms with Gasteiger partial charge in [0.15, 0.2) is 0 Å². The zero-order valence-corrected chi connectivity index (χ0v) is 16.3. The third-order valence-electron chi connectivity index (χ3n) is 7.11. The molecule has 1 aromatic heterocycles. The molecule has 1 aromatic rings. The number of aromatic amines is 1. The molecule has 29 heavy (non-hydrogen) atoms. The van der Waals surface area contributed by atoms with E-state index < -0.39 is 29.6 Å². The van der Waals surface area contributed by atoms with E-state index >= 15 is 4.39 Å². The van der Waals surface area contributed by atoms with Crippen molar-refractivity contribution in [2.45, 2.75) is 50.0 Å². The predicted molar refractivity (Wildman–Crippen MR) is 102 cm³/mol.